The minimum Gasteiger partial charge on any atom is -0.508 e. The van der Waals surface area contributed by atoms with Gasteiger partial charge in [-0.2, -0.15) is 0 Å². The summed E-state index contributed by atoms with van der Waals surface area (Å²) in [5.74, 6) is 0.366. The van der Waals surface area contributed by atoms with E-state index in [0.29, 0.717) is 0 Å². The molecule has 5 nitrogen and oxygen atoms in total. The Bertz CT molecular complexity index is 745. The smallest absolute Gasteiger partial charge is 0.282 e. The predicted octanol–water partition coefficient (Wildman–Crippen LogP) is 1.74. The van der Waals surface area contributed by atoms with Crippen molar-refractivity contribution in [2.75, 3.05) is 36.4 Å². The lowest BCUT2D eigenvalue weighted by Gasteiger charge is -2.36. The molecule has 0 radical (unpaired) electrons. The van der Waals surface area contributed by atoms with E-state index in [1.165, 1.54) is 4.90 Å². The molecular weight excluding hydrogens is 326 g/mol. The number of nitrogens with zero attached hydrogens (tertiary/aromatic N) is 1. The molecule has 1 aliphatic rings. The minimum absolute atomic E-state index is 0.0792. The van der Waals surface area contributed by atoms with Crippen LogP contribution in [0.1, 0.15) is 18.1 Å². The Kier molecular flexibility index (Phi) is 5.47. The van der Waals surface area contributed by atoms with Crippen molar-refractivity contribution in [2.45, 2.75) is 26.8 Å². The molecule has 0 aliphatic carbocycles. The molecule has 138 valence electrons. The monoisotopic (exact) mass is 354 g/mol. The highest BCUT2D eigenvalue weighted by Gasteiger charge is 2.29. The number of quaternary nitrogens is 1. The minimum atomic E-state index is -0.0871. The van der Waals surface area contributed by atoms with Gasteiger partial charge in [-0.25, -0.2) is 0 Å². The Morgan fingerprint density at radius 1 is 1.08 bits per heavy atom. The van der Waals surface area contributed by atoms with E-state index in [-0.39, 0.29) is 17.7 Å². The number of carbonyl (C=O) groups is 1. The van der Waals surface area contributed by atoms with Gasteiger partial charge >= 0.3 is 0 Å². The van der Waals surface area contributed by atoms with E-state index in [9.17, 15) is 9.90 Å². The summed E-state index contributed by atoms with van der Waals surface area (Å²) in [6, 6.07) is 13.3. The van der Waals surface area contributed by atoms with Crippen LogP contribution in [-0.4, -0.2) is 43.2 Å². The first-order valence-corrected chi connectivity index (χ1v) is 9.21. The third kappa shape index (κ3) is 3.99. The fraction of sp³-hybridized carbons (Fsp3) is 0.381. The van der Waals surface area contributed by atoms with Crippen LogP contribution in [0, 0.1) is 13.8 Å². The van der Waals surface area contributed by atoms with E-state index in [1.807, 2.05) is 51.1 Å². The highest BCUT2D eigenvalue weighted by molar-refractivity contribution is 5.95. The first kappa shape index (κ1) is 18.3. The maximum Gasteiger partial charge on any atom is 0.282 e. The fourth-order valence-electron chi connectivity index (χ4n) is 3.58. The number of benzene rings is 2. The van der Waals surface area contributed by atoms with E-state index in [4.69, 9.17) is 0 Å². The van der Waals surface area contributed by atoms with Crippen molar-refractivity contribution in [3.05, 3.63) is 53.6 Å². The molecule has 0 bridgehead atoms. The normalized spacial score (nSPS) is 16.3. The first-order chi connectivity index (χ1) is 12.5. The van der Waals surface area contributed by atoms with Gasteiger partial charge in [0.05, 0.1) is 26.2 Å². The molecule has 1 saturated heterocycles. The molecular formula is C21H28N3O2+. The fourth-order valence-corrected chi connectivity index (χ4v) is 3.58. The number of anilines is 2. The molecule has 3 rings (SSSR count). The lowest BCUT2D eigenvalue weighted by Crippen LogP contribution is -3.19. The number of aromatic hydroxyl groups is 1. The number of hydrogen-bond donors (Lipinski definition) is 3. The molecule has 1 fully saturated rings. The summed E-state index contributed by atoms with van der Waals surface area (Å²) in [5, 5.41) is 12.5. The molecule has 1 amide bonds. The van der Waals surface area contributed by atoms with Gasteiger partial charge in [-0.1, -0.05) is 18.2 Å². The summed E-state index contributed by atoms with van der Waals surface area (Å²) in [6.07, 6.45) is 0. The molecule has 0 unspecified atom stereocenters. The average Bonchev–Trinajstić information content (AvgIpc) is 2.65. The van der Waals surface area contributed by atoms with Crippen molar-refractivity contribution >= 4 is 17.3 Å². The van der Waals surface area contributed by atoms with E-state index >= 15 is 0 Å². The van der Waals surface area contributed by atoms with E-state index in [1.54, 1.807) is 12.1 Å². The van der Waals surface area contributed by atoms with Gasteiger partial charge in [0.25, 0.3) is 5.91 Å². The van der Waals surface area contributed by atoms with Gasteiger partial charge in [-0.05, 0) is 56.2 Å². The Balaban J connectivity index is 1.58. The Morgan fingerprint density at radius 3 is 2.23 bits per heavy atom. The summed E-state index contributed by atoms with van der Waals surface area (Å²) < 4.78 is 0. The van der Waals surface area contributed by atoms with Gasteiger partial charge in [0.15, 0.2) is 6.04 Å². The second-order valence-corrected chi connectivity index (χ2v) is 7.14. The molecule has 1 heterocycles. The van der Waals surface area contributed by atoms with Crippen molar-refractivity contribution in [3.63, 3.8) is 0 Å². The van der Waals surface area contributed by atoms with Crippen molar-refractivity contribution in [3.8, 4) is 5.75 Å². The van der Waals surface area contributed by atoms with Gasteiger partial charge in [0.1, 0.15) is 5.75 Å². The maximum atomic E-state index is 12.7. The Hall–Kier alpha value is -2.53. The number of piperazine rings is 1. The summed E-state index contributed by atoms with van der Waals surface area (Å²) in [6.45, 7) is 9.70. The number of amides is 1. The zero-order valence-electron chi connectivity index (χ0n) is 15.7. The summed E-state index contributed by atoms with van der Waals surface area (Å²) in [5.41, 5.74) is 4.25. The van der Waals surface area contributed by atoms with Gasteiger partial charge in [0, 0.05) is 11.4 Å². The number of para-hydroxylation sites is 1. The third-order valence-electron chi connectivity index (χ3n) is 5.36. The Labute approximate surface area is 155 Å². The first-order valence-electron chi connectivity index (χ1n) is 9.21. The molecule has 1 aliphatic heterocycles. The largest absolute Gasteiger partial charge is 0.508 e. The number of hydrogen-bond acceptors (Lipinski definition) is 3. The number of rotatable bonds is 4. The summed E-state index contributed by atoms with van der Waals surface area (Å²) in [4.78, 5) is 16.3. The van der Waals surface area contributed by atoms with Crippen LogP contribution in [0.4, 0.5) is 11.4 Å². The van der Waals surface area contributed by atoms with Crippen LogP contribution in [-0.2, 0) is 4.79 Å². The van der Waals surface area contributed by atoms with Crippen LogP contribution in [0.3, 0.4) is 0 Å². The number of nitrogens with one attached hydrogen (secondary N) is 2. The van der Waals surface area contributed by atoms with Gasteiger partial charge in [-0.3, -0.25) is 4.79 Å². The molecule has 0 saturated carbocycles. The molecule has 26 heavy (non-hydrogen) atoms. The van der Waals surface area contributed by atoms with Crippen LogP contribution in [0.5, 0.6) is 5.75 Å². The lowest BCUT2D eigenvalue weighted by atomic mass is 10.1. The summed E-state index contributed by atoms with van der Waals surface area (Å²) >= 11 is 0. The predicted molar refractivity (Wildman–Crippen MR) is 105 cm³/mol. The topological polar surface area (TPSA) is 57.0 Å². The zero-order valence-corrected chi connectivity index (χ0v) is 15.7. The number of phenolic OH excluding ortho intramolecular Hbond substituents is 1. The second kappa shape index (κ2) is 7.79. The van der Waals surface area contributed by atoms with Gasteiger partial charge in [0.2, 0.25) is 0 Å². The lowest BCUT2D eigenvalue weighted by molar-refractivity contribution is -0.914. The van der Waals surface area contributed by atoms with Crippen LogP contribution < -0.4 is 15.1 Å². The zero-order chi connectivity index (χ0) is 18.7. The standard InChI is InChI=1S/C21H27N3O2/c1-15-5-4-6-16(2)20(15)22-21(26)17(3)23-11-13-24(14-12-23)18-7-9-19(25)10-8-18/h4-10,17,25H,11-14H2,1-3H3,(H,22,26)/p+1/t17-/m0/s1. The number of aryl methyl sites for hydroxylation is 2. The maximum absolute atomic E-state index is 12.7. The third-order valence-corrected chi connectivity index (χ3v) is 5.36. The average molecular weight is 354 g/mol. The molecule has 5 heteroatoms. The van der Waals surface area contributed by atoms with Crippen molar-refractivity contribution in [2.24, 2.45) is 0 Å². The van der Waals surface area contributed by atoms with Crippen LogP contribution in [0.15, 0.2) is 42.5 Å². The molecule has 3 N–H and O–H groups in total. The van der Waals surface area contributed by atoms with Crippen LogP contribution in [0.25, 0.3) is 0 Å². The quantitative estimate of drug-likeness (QED) is 0.784. The van der Waals surface area contributed by atoms with Crippen LogP contribution >= 0.6 is 0 Å². The van der Waals surface area contributed by atoms with E-state index in [2.05, 4.69) is 10.2 Å². The van der Waals surface area contributed by atoms with Gasteiger partial charge in [-0.15, -0.1) is 0 Å². The molecule has 0 aromatic heterocycles. The van der Waals surface area contributed by atoms with Gasteiger partial charge < -0.3 is 20.2 Å². The van der Waals surface area contributed by atoms with Crippen molar-refractivity contribution in [1.82, 2.24) is 0 Å². The highest BCUT2D eigenvalue weighted by atomic mass is 16.3. The molecule has 2 aromatic carbocycles. The highest BCUT2D eigenvalue weighted by Crippen LogP contribution is 2.20. The second-order valence-electron chi connectivity index (χ2n) is 7.14. The van der Waals surface area contributed by atoms with E-state index < -0.39 is 0 Å². The SMILES string of the molecule is Cc1cccc(C)c1NC(=O)[C@H](C)[NH+]1CCN(c2ccc(O)cc2)CC1. The molecule has 0 spiro atoms. The summed E-state index contributed by atoms with van der Waals surface area (Å²) in [7, 11) is 0. The molecule has 1 atom stereocenters. The van der Waals surface area contributed by atoms with E-state index in [0.717, 1.165) is 48.7 Å². The van der Waals surface area contributed by atoms with Crippen molar-refractivity contribution in [1.29, 1.82) is 0 Å². The molecule has 2 aromatic rings. The number of phenols is 1. The Morgan fingerprint density at radius 2 is 1.65 bits per heavy atom. The van der Waals surface area contributed by atoms with Crippen molar-refractivity contribution < 1.29 is 14.8 Å². The van der Waals surface area contributed by atoms with Crippen LogP contribution in [0.2, 0.25) is 0 Å². The number of carbonyl (C=O) groups excluding carboxylic acids is 1.